The largest absolute Gasteiger partial charge is 0.479 e. The van der Waals surface area contributed by atoms with Crippen molar-refractivity contribution in [3.8, 4) is 5.75 Å². The van der Waals surface area contributed by atoms with Gasteiger partial charge in [0.05, 0.1) is 12.1 Å². The van der Waals surface area contributed by atoms with Crippen molar-refractivity contribution in [2.45, 2.75) is 19.4 Å². The Labute approximate surface area is 136 Å². The molecular formula is C13H14Cl2N2O5. The Morgan fingerprint density at radius 3 is 2.50 bits per heavy atom. The van der Waals surface area contributed by atoms with Crippen LogP contribution in [0.1, 0.15) is 13.3 Å². The first-order valence-electron chi connectivity index (χ1n) is 6.10. The van der Waals surface area contributed by atoms with Crippen molar-refractivity contribution in [3.63, 3.8) is 0 Å². The van der Waals surface area contributed by atoms with Crippen LogP contribution in [-0.2, 0) is 19.1 Å². The number of hydrogen-bond donors (Lipinski definition) is 2. The highest BCUT2D eigenvalue weighted by atomic mass is 35.5. The van der Waals surface area contributed by atoms with Crippen LogP contribution in [0.2, 0.25) is 10.0 Å². The van der Waals surface area contributed by atoms with E-state index in [-0.39, 0.29) is 10.8 Å². The van der Waals surface area contributed by atoms with E-state index in [0.717, 1.165) is 7.11 Å². The van der Waals surface area contributed by atoms with Gasteiger partial charge in [-0.2, -0.15) is 0 Å². The number of ether oxygens (including phenoxy) is 2. The molecule has 0 saturated heterocycles. The Hall–Kier alpha value is -1.99. The lowest BCUT2D eigenvalue weighted by atomic mass is 10.3. The lowest BCUT2D eigenvalue weighted by molar-refractivity contribution is -0.145. The summed E-state index contributed by atoms with van der Waals surface area (Å²) in [5, 5.41) is 0.686. The zero-order chi connectivity index (χ0) is 16.7. The van der Waals surface area contributed by atoms with Crippen molar-refractivity contribution >= 4 is 41.0 Å². The molecule has 0 aliphatic carbocycles. The summed E-state index contributed by atoms with van der Waals surface area (Å²) in [5.74, 6) is -1.78. The number of rotatable bonds is 5. The van der Waals surface area contributed by atoms with Crippen LogP contribution in [0, 0.1) is 0 Å². The molecule has 120 valence electrons. The fourth-order valence-electron chi connectivity index (χ4n) is 1.30. The minimum atomic E-state index is -0.933. The summed E-state index contributed by atoms with van der Waals surface area (Å²) in [4.78, 5) is 33.9. The third-order valence-electron chi connectivity index (χ3n) is 2.42. The van der Waals surface area contributed by atoms with Gasteiger partial charge in [-0.3, -0.25) is 25.2 Å². The van der Waals surface area contributed by atoms with Crippen LogP contribution in [0.15, 0.2) is 18.2 Å². The molecule has 1 unspecified atom stereocenters. The zero-order valence-electron chi connectivity index (χ0n) is 11.8. The van der Waals surface area contributed by atoms with E-state index in [0.29, 0.717) is 5.02 Å². The average molecular weight is 349 g/mol. The van der Waals surface area contributed by atoms with E-state index in [1.807, 2.05) is 0 Å². The second-order valence-corrected chi connectivity index (χ2v) is 4.97. The average Bonchev–Trinajstić information content (AvgIpc) is 2.47. The Balaban J connectivity index is 2.48. The molecule has 0 saturated carbocycles. The van der Waals surface area contributed by atoms with Crippen LogP contribution in [0.5, 0.6) is 5.75 Å². The summed E-state index contributed by atoms with van der Waals surface area (Å²) in [6.45, 7) is 1.47. The highest BCUT2D eigenvalue weighted by Gasteiger charge is 2.17. The van der Waals surface area contributed by atoms with Crippen molar-refractivity contribution in [3.05, 3.63) is 28.2 Å². The first kappa shape index (κ1) is 18.1. The van der Waals surface area contributed by atoms with Crippen LogP contribution in [0.4, 0.5) is 0 Å². The maximum Gasteiger partial charge on any atom is 0.315 e. The molecule has 0 radical (unpaired) electrons. The Morgan fingerprint density at radius 1 is 1.23 bits per heavy atom. The van der Waals surface area contributed by atoms with Crippen molar-refractivity contribution < 1.29 is 23.9 Å². The van der Waals surface area contributed by atoms with Gasteiger partial charge in [-0.25, -0.2) is 0 Å². The third kappa shape index (κ3) is 5.79. The van der Waals surface area contributed by atoms with Gasteiger partial charge in [0.15, 0.2) is 6.10 Å². The summed E-state index contributed by atoms with van der Waals surface area (Å²) in [5.41, 5.74) is 4.19. The fraction of sp³-hybridized carbons (Fsp3) is 0.308. The Bertz CT molecular complexity index is 580. The molecule has 1 rings (SSSR count). The predicted molar refractivity (Wildman–Crippen MR) is 79.5 cm³/mol. The van der Waals surface area contributed by atoms with E-state index in [1.165, 1.54) is 19.1 Å². The van der Waals surface area contributed by atoms with Gasteiger partial charge in [0.25, 0.3) is 5.91 Å². The summed E-state index contributed by atoms with van der Waals surface area (Å²) >= 11 is 11.7. The quantitative estimate of drug-likeness (QED) is 0.477. The van der Waals surface area contributed by atoms with Crippen molar-refractivity contribution in [1.29, 1.82) is 0 Å². The van der Waals surface area contributed by atoms with Crippen molar-refractivity contribution in [1.82, 2.24) is 10.9 Å². The molecule has 1 aromatic rings. The fourth-order valence-corrected chi connectivity index (χ4v) is 1.75. The lowest BCUT2D eigenvalue weighted by Gasteiger charge is -2.16. The third-order valence-corrected chi connectivity index (χ3v) is 2.96. The number of hydrogen-bond acceptors (Lipinski definition) is 5. The highest BCUT2D eigenvalue weighted by molar-refractivity contribution is 6.35. The number of methoxy groups -OCH3 is 1. The molecule has 2 N–H and O–H groups in total. The van der Waals surface area contributed by atoms with E-state index >= 15 is 0 Å². The zero-order valence-corrected chi connectivity index (χ0v) is 13.3. The summed E-state index contributed by atoms with van der Waals surface area (Å²) in [6.07, 6.45) is -1.44. The molecule has 0 heterocycles. The maximum atomic E-state index is 11.7. The second-order valence-electron chi connectivity index (χ2n) is 4.13. The summed E-state index contributed by atoms with van der Waals surface area (Å²) in [7, 11) is 1.15. The molecule has 0 fully saturated rings. The van der Waals surface area contributed by atoms with Crippen LogP contribution in [0.3, 0.4) is 0 Å². The first-order valence-corrected chi connectivity index (χ1v) is 6.86. The van der Waals surface area contributed by atoms with E-state index in [2.05, 4.69) is 15.6 Å². The molecule has 22 heavy (non-hydrogen) atoms. The number of carbonyl (C=O) groups is 3. The first-order chi connectivity index (χ1) is 10.3. The standard InChI is InChI=1S/C13H14Cl2N2O5/c1-7(22-10-4-3-8(14)5-9(10)15)13(20)17-16-11(18)6-12(19)21-2/h3-5,7H,6H2,1-2H3,(H,16,18)(H,17,20). The monoisotopic (exact) mass is 348 g/mol. The summed E-state index contributed by atoms with van der Waals surface area (Å²) in [6, 6.07) is 4.55. The number of hydrazine groups is 1. The number of amides is 2. The number of benzene rings is 1. The van der Waals surface area contributed by atoms with E-state index in [4.69, 9.17) is 27.9 Å². The molecule has 0 aliphatic rings. The molecule has 7 nitrogen and oxygen atoms in total. The topological polar surface area (TPSA) is 93.7 Å². The van der Waals surface area contributed by atoms with Gasteiger partial charge in [0, 0.05) is 5.02 Å². The number of esters is 1. The van der Waals surface area contributed by atoms with Gasteiger partial charge in [-0.15, -0.1) is 0 Å². The minimum absolute atomic E-state index is 0.252. The maximum absolute atomic E-state index is 11.7. The molecule has 0 spiro atoms. The molecule has 9 heteroatoms. The van der Waals surface area contributed by atoms with Crippen LogP contribution < -0.4 is 15.6 Å². The van der Waals surface area contributed by atoms with Gasteiger partial charge >= 0.3 is 5.97 Å². The van der Waals surface area contributed by atoms with Crippen LogP contribution >= 0.6 is 23.2 Å². The molecule has 0 aromatic heterocycles. The number of nitrogens with one attached hydrogen (secondary N) is 2. The molecular weight excluding hydrogens is 335 g/mol. The van der Waals surface area contributed by atoms with Crippen molar-refractivity contribution in [2.75, 3.05) is 7.11 Å². The minimum Gasteiger partial charge on any atom is -0.479 e. The molecule has 0 aliphatic heterocycles. The van der Waals surface area contributed by atoms with Crippen molar-refractivity contribution in [2.24, 2.45) is 0 Å². The lowest BCUT2D eigenvalue weighted by Crippen LogP contribution is -2.47. The SMILES string of the molecule is COC(=O)CC(=O)NNC(=O)C(C)Oc1ccc(Cl)cc1Cl. The summed E-state index contributed by atoms with van der Waals surface area (Å²) < 4.78 is 9.67. The van der Waals surface area contributed by atoms with Gasteiger partial charge in [0.1, 0.15) is 12.2 Å². The van der Waals surface area contributed by atoms with Gasteiger partial charge in [-0.1, -0.05) is 23.2 Å². The molecule has 1 atom stereocenters. The van der Waals surface area contributed by atoms with E-state index < -0.39 is 30.3 Å². The molecule has 2 amide bonds. The number of halogens is 2. The van der Waals surface area contributed by atoms with Gasteiger partial charge in [-0.05, 0) is 25.1 Å². The van der Waals surface area contributed by atoms with E-state index in [9.17, 15) is 14.4 Å². The normalized spacial score (nSPS) is 11.3. The predicted octanol–water partition coefficient (Wildman–Crippen LogP) is 1.47. The van der Waals surface area contributed by atoms with Gasteiger partial charge < -0.3 is 9.47 Å². The number of carbonyl (C=O) groups excluding carboxylic acids is 3. The van der Waals surface area contributed by atoms with Crippen LogP contribution in [-0.4, -0.2) is 31.0 Å². The van der Waals surface area contributed by atoms with E-state index in [1.54, 1.807) is 6.07 Å². The van der Waals surface area contributed by atoms with Gasteiger partial charge in [0.2, 0.25) is 5.91 Å². The van der Waals surface area contributed by atoms with Crippen LogP contribution in [0.25, 0.3) is 0 Å². The smallest absolute Gasteiger partial charge is 0.315 e. The second kappa shape index (κ2) is 8.45. The Morgan fingerprint density at radius 2 is 1.91 bits per heavy atom. The highest BCUT2D eigenvalue weighted by Crippen LogP contribution is 2.28. The Kier molecular flexibility index (Phi) is 6.94. The molecule has 0 bridgehead atoms. The molecule has 1 aromatic carbocycles.